The number of hydrogen-bond donors (Lipinski definition) is 1. The number of hydrogen-bond acceptors (Lipinski definition) is 2. The van der Waals surface area contributed by atoms with Crippen LogP contribution in [-0.4, -0.2) is 37.6 Å². The molecule has 0 heterocycles. The summed E-state index contributed by atoms with van der Waals surface area (Å²) in [7, 11) is 2.25. The van der Waals surface area contributed by atoms with E-state index in [-0.39, 0.29) is 0 Å². The van der Waals surface area contributed by atoms with E-state index in [0.29, 0.717) is 12.0 Å². The van der Waals surface area contributed by atoms with Gasteiger partial charge in [-0.1, -0.05) is 51.1 Å². The second-order valence-electron chi connectivity index (χ2n) is 5.73. The fourth-order valence-electron chi connectivity index (χ4n) is 2.44. The smallest absolute Gasteiger partial charge is 0.0240 e. The molecule has 2 nitrogen and oxygen atoms in total. The molecular weight excluding hydrogens is 232 g/mol. The third kappa shape index (κ3) is 6.22. The Kier molecular flexibility index (Phi) is 7.76. The summed E-state index contributed by atoms with van der Waals surface area (Å²) in [5.74, 6) is 0.685. The first-order valence-corrected chi connectivity index (χ1v) is 7.60. The minimum absolute atomic E-state index is 0.621. The van der Waals surface area contributed by atoms with Gasteiger partial charge in [0.2, 0.25) is 0 Å². The number of nitrogens with zero attached hydrogens (tertiary/aromatic N) is 1. The number of likely N-dealkylation sites (N-methyl/N-ethyl adjacent to an activating group) is 1. The molecule has 0 radical (unpaired) electrons. The fourth-order valence-corrected chi connectivity index (χ4v) is 2.44. The van der Waals surface area contributed by atoms with Crippen LogP contribution in [0.3, 0.4) is 0 Å². The molecule has 1 aromatic carbocycles. The molecule has 0 saturated carbocycles. The third-order valence-corrected chi connectivity index (χ3v) is 3.71. The minimum Gasteiger partial charge on any atom is -0.315 e. The van der Waals surface area contributed by atoms with Gasteiger partial charge in [0.15, 0.2) is 0 Å². The van der Waals surface area contributed by atoms with Gasteiger partial charge in [-0.15, -0.1) is 0 Å². The Morgan fingerprint density at radius 3 is 2.42 bits per heavy atom. The molecule has 0 aromatic heterocycles. The quantitative estimate of drug-likeness (QED) is 0.688. The summed E-state index contributed by atoms with van der Waals surface area (Å²) < 4.78 is 0. The van der Waals surface area contributed by atoms with E-state index in [1.165, 1.54) is 12.0 Å². The molecule has 1 N–H and O–H groups in total. The molecule has 1 rings (SSSR count). The maximum atomic E-state index is 3.55. The van der Waals surface area contributed by atoms with Gasteiger partial charge in [0.1, 0.15) is 0 Å². The molecule has 0 bridgehead atoms. The van der Waals surface area contributed by atoms with E-state index in [1.54, 1.807) is 0 Å². The van der Waals surface area contributed by atoms with Crippen molar-refractivity contribution in [1.29, 1.82) is 0 Å². The van der Waals surface area contributed by atoms with Crippen molar-refractivity contribution in [2.24, 2.45) is 5.92 Å². The Hall–Kier alpha value is -0.860. The zero-order valence-corrected chi connectivity index (χ0v) is 13.0. The van der Waals surface area contributed by atoms with Gasteiger partial charge in [-0.05, 0) is 37.9 Å². The summed E-state index contributed by atoms with van der Waals surface area (Å²) >= 11 is 0. The molecule has 0 saturated heterocycles. The van der Waals surface area contributed by atoms with E-state index in [1.807, 2.05) is 0 Å². The molecule has 108 valence electrons. The van der Waals surface area contributed by atoms with Gasteiger partial charge in [0.05, 0.1) is 0 Å². The second-order valence-corrected chi connectivity index (χ2v) is 5.73. The first-order valence-electron chi connectivity index (χ1n) is 7.60. The molecule has 19 heavy (non-hydrogen) atoms. The van der Waals surface area contributed by atoms with Crippen molar-refractivity contribution in [2.75, 3.05) is 26.7 Å². The van der Waals surface area contributed by atoms with E-state index in [4.69, 9.17) is 0 Å². The van der Waals surface area contributed by atoms with Gasteiger partial charge in [-0.3, -0.25) is 0 Å². The predicted molar refractivity (Wildman–Crippen MR) is 84.6 cm³/mol. The van der Waals surface area contributed by atoms with Crippen molar-refractivity contribution in [2.45, 2.75) is 39.7 Å². The Balaban J connectivity index is 2.41. The van der Waals surface area contributed by atoms with Gasteiger partial charge < -0.3 is 10.2 Å². The SMILES string of the molecule is CCCNCC(C(C)C)N(C)CCc1ccccc1. The van der Waals surface area contributed by atoms with Crippen LogP contribution in [0, 0.1) is 5.92 Å². The first-order chi connectivity index (χ1) is 9.15. The Bertz CT molecular complexity index is 321. The van der Waals surface area contributed by atoms with Crippen LogP contribution in [0.15, 0.2) is 30.3 Å². The maximum absolute atomic E-state index is 3.55. The lowest BCUT2D eigenvalue weighted by Crippen LogP contribution is -2.44. The summed E-state index contributed by atoms with van der Waals surface area (Å²) in [6, 6.07) is 11.4. The van der Waals surface area contributed by atoms with E-state index in [0.717, 1.165) is 26.1 Å². The summed E-state index contributed by atoms with van der Waals surface area (Å²) in [5.41, 5.74) is 1.43. The lowest BCUT2D eigenvalue weighted by atomic mass is 10.0. The van der Waals surface area contributed by atoms with Crippen LogP contribution in [0.5, 0.6) is 0 Å². The molecule has 2 heteroatoms. The van der Waals surface area contributed by atoms with E-state index >= 15 is 0 Å². The summed E-state index contributed by atoms with van der Waals surface area (Å²) in [6.07, 6.45) is 2.34. The van der Waals surface area contributed by atoms with Crippen LogP contribution in [-0.2, 0) is 6.42 Å². The summed E-state index contributed by atoms with van der Waals surface area (Å²) in [5, 5.41) is 3.55. The average molecular weight is 262 g/mol. The highest BCUT2D eigenvalue weighted by Crippen LogP contribution is 2.10. The largest absolute Gasteiger partial charge is 0.315 e. The molecule has 1 aromatic rings. The highest BCUT2D eigenvalue weighted by molar-refractivity contribution is 5.14. The molecule has 0 aliphatic carbocycles. The highest BCUT2D eigenvalue weighted by Gasteiger charge is 2.17. The zero-order valence-electron chi connectivity index (χ0n) is 13.0. The number of benzene rings is 1. The van der Waals surface area contributed by atoms with Crippen LogP contribution < -0.4 is 5.32 Å². The van der Waals surface area contributed by atoms with Gasteiger partial charge in [-0.25, -0.2) is 0 Å². The average Bonchev–Trinajstić information content (AvgIpc) is 2.42. The molecule has 0 spiro atoms. The van der Waals surface area contributed by atoms with Crippen molar-refractivity contribution in [3.05, 3.63) is 35.9 Å². The highest BCUT2D eigenvalue weighted by atomic mass is 15.1. The van der Waals surface area contributed by atoms with Crippen molar-refractivity contribution in [3.8, 4) is 0 Å². The predicted octanol–water partition coefficient (Wildman–Crippen LogP) is 3.19. The molecule has 1 atom stereocenters. The third-order valence-electron chi connectivity index (χ3n) is 3.71. The van der Waals surface area contributed by atoms with E-state index in [2.05, 4.69) is 68.4 Å². The van der Waals surface area contributed by atoms with Crippen LogP contribution in [0.4, 0.5) is 0 Å². The van der Waals surface area contributed by atoms with E-state index in [9.17, 15) is 0 Å². The van der Waals surface area contributed by atoms with Crippen molar-refractivity contribution >= 4 is 0 Å². The van der Waals surface area contributed by atoms with Gasteiger partial charge in [-0.2, -0.15) is 0 Å². The summed E-state index contributed by atoms with van der Waals surface area (Å²) in [4.78, 5) is 2.50. The number of nitrogens with one attached hydrogen (secondary N) is 1. The van der Waals surface area contributed by atoms with Gasteiger partial charge in [0.25, 0.3) is 0 Å². The Labute approximate surface area is 119 Å². The van der Waals surface area contributed by atoms with Crippen LogP contribution in [0.2, 0.25) is 0 Å². The van der Waals surface area contributed by atoms with E-state index < -0.39 is 0 Å². The molecular formula is C17H30N2. The second kappa shape index (κ2) is 9.11. The lowest BCUT2D eigenvalue weighted by Gasteiger charge is -2.31. The minimum atomic E-state index is 0.621. The molecule has 0 aliphatic heterocycles. The lowest BCUT2D eigenvalue weighted by molar-refractivity contribution is 0.189. The monoisotopic (exact) mass is 262 g/mol. The molecule has 1 unspecified atom stereocenters. The summed E-state index contributed by atoms with van der Waals surface area (Å²) in [6.45, 7) is 10.2. The molecule has 0 aliphatic rings. The maximum Gasteiger partial charge on any atom is 0.0240 e. The normalized spacial score (nSPS) is 13.2. The molecule has 0 amide bonds. The first kappa shape index (κ1) is 16.2. The fraction of sp³-hybridized carbons (Fsp3) is 0.647. The van der Waals surface area contributed by atoms with Gasteiger partial charge >= 0.3 is 0 Å². The Morgan fingerprint density at radius 2 is 1.84 bits per heavy atom. The standard InChI is InChI=1S/C17H30N2/c1-5-12-18-14-17(15(2)3)19(4)13-11-16-9-7-6-8-10-16/h6-10,15,17-18H,5,11-14H2,1-4H3. The Morgan fingerprint density at radius 1 is 1.16 bits per heavy atom. The van der Waals surface area contributed by atoms with Crippen molar-refractivity contribution in [3.63, 3.8) is 0 Å². The topological polar surface area (TPSA) is 15.3 Å². The van der Waals surface area contributed by atoms with Crippen molar-refractivity contribution in [1.82, 2.24) is 10.2 Å². The van der Waals surface area contributed by atoms with Crippen LogP contribution in [0.25, 0.3) is 0 Å². The molecule has 0 fully saturated rings. The van der Waals surface area contributed by atoms with Crippen LogP contribution in [0.1, 0.15) is 32.8 Å². The van der Waals surface area contributed by atoms with Gasteiger partial charge in [0, 0.05) is 19.1 Å². The number of rotatable bonds is 9. The van der Waals surface area contributed by atoms with Crippen LogP contribution >= 0.6 is 0 Å². The van der Waals surface area contributed by atoms with Crippen molar-refractivity contribution < 1.29 is 0 Å². The zero-order chi connectivity index (χ0) is 14.1.